The molecule has 2 heterocycles. The maximum absolute atomic E-state index is 13.3. The number of hydrogen-bond acceptors (Lipinski definition) is 4. The Balaban J connectivity index is 1.63. The molecule has 0 aliphatic heterocycles. The molecule has 0 aliphatic rings. The molecule has 4 aromatic rings. The van der Waals surface area contributed by atoms with Crippen LogP contribution < -0.4 is 10.6 Å². The van der Waals surface area contributed by atoms with Crippen LogP contribution in [-0.4, -0.2) is 26.8 Å². The van der Waals surface area contributed by atoms with Gasteiger partial charge in [-0.3, -0.25) is 14.6 Å². The maximum atomic E-state index is 13.3. The summed E-state index contributed by atoms with van der Waals surface area (Å²) in [6.07, 6.45) is -1.82. The Labute approximate surface area is 196 Å². The van der Waals surface area contributed by atoms with Gasteiger partial charge >= 0.3 is 6.18 Å². The first-order chi connectivity index (χ1) is 16.6. The molecule has 0 atom stereocenters. The predicted molar refractivity (Wildman–Crippen MR) is 120 cm³/mol. The Hall–Kier alpha value is -4.54. The van der Waals surface area contributed by atoms with Crippen LogP contribution >= 0.6 is 0 Å². The molecule has 0 unspecified atom stereocenters. The predicted octanol–water partition coefficient (Wildman–Crippen LogP) is 5.44. The third-order valence-corrected chi connectivity index (χ3v) is 4.98. The van der Waals surface area contributed by atoms with Crippen LogP contribution in [0.15, 0.2) is 67.0 Å². The average molecular weight is 483 g/mol. The van der Waals surface area contributed by atoms with E-state index in [2.05, 4.69) is 25.6 Å². The molecule has 0 spiro atoms. The highest BCUT2D eigenvalue weighted by molar-refractivity contribution is 6.09. The average Bonchev–Trinajstić information content (AvgIpc) is 3.28. The van der Waals surface area contributed by atoms with E-state index in [1.807, 2.05) is 0 Å². The summed E-state index contributed by atoms with van der Waals surface area (Å²) >= 11 is 0. The minimum Gasteiger partial charge on any atom is -0.334 e. The summed E-state index contributed by atoms with van der Waals surface area (Å²) < 4.78 is 53.1. The first-order valence-corrected chi connectivity index (χ1v) is 10.2. The molecular weight excluding hydrogens is 466 g/mol. The first-order valence-electron chi connectivity index (χ1n) is 10.2. The lowest BCUT2D eigenvalue weighted by atomic mass is 10.1. The number of nitrogens with zero attached hydrogens (tertiary/aromatic N) is 2. The van der Waals surface area contributed by atoms with E-state index in [1.165, 1.54) is 30.5 Å². The molecule has 4 rings (SSSR count). The molecule has 0 fully saturated rings. The van der Waals surface area contributed by atoms with E-state index in [4.69, 9.17) is 0 Å². The summed E-state index contributed by atoms with van der Waals surface area (Å²) in [5.41, 5.74) is 0.853. The summed E-state index contributed by atoms with van der Waals surface area (Å²) in [5.74, 6) is -3.37. The van der Waals surface area contributed by atoms with Crippen molar-refractivity contribution in [3.8, 4) is 11.3 Å². The van der Waals surface area contributed by atoms with Crippen molar-refractivity contribution in [1.29, 1.82) is 0 Å². The molecule has 0 bridgehead atoms. The lowest BCUT2D eigenvalue weighted by Crippen LogP contribution is -2.17. The van der Waals surface area contributed by atoms with Crippen LogP contribution in [0.3, 0.4) is 0 Å². The molecule has 2 aromatic heterocycles. The van der Waals surface area contributed by atoms with E-state index in [0.29, 0.717) is 11.3 Å². The number of benzene rings is 2. The standard InChI is InChI=1S/C24H17F4N5O2/c1-13-4-9-16(11-18(13)21(34)31-17-3-2-10-29-12-17)30-22(35)20-19(14-5-7-15(25)8-6-14)32-23(33-20)24(26,27)28/h2-12H,1H3,(H,30,35)(H,31,34)(H,32,33). The van der Waals surface area contributed by atoms with Crippen LogP contribution in [0.5, 0.6) is 0 Å². The van der Waals surface area contributed by atoms with E-state index in [0.717, 1.165) is 12.1 Å². The van der Waals surface area contributed by atoms with Gasteiger partial charge in [0.05, 0.1) is 17.6 Å². The van der Waals surface area contributed by atoms with Gasteiger partial charge < -0.3 is 15.6 Å². The number of alkyl halides is 3. The van der Waals surface area contributed by atoms with Crippen LogP contribution in [0.4, 0.5) is 28.9 Å². The minimum atomic E-state index is -4.84. The maximum Gasteiger partial charge on any atom is 0.449 e. The third kappa shape index (κ3) is 5.35. The van der Waals surface area contributed by atoms with Crippen molar-refractivity contribution < 1.29 is 27.2 Å². The van der Waals surface area contributed by atoms with E-state index in [-0.39, 0.29) is 22.5 Å². The van der Waals surface area contributed by atoms with E-state index < -0.39 is 35.3 Å². The van der Waals surface area contributed by atoms with Gasteiger partial charge in [0.15, 0.2) is 5.69 Å². The van der Waals surface area contributed by atoms with Crippen molar-refractivity contribution in [1.82, 2.24) is 15.0 Å². The van der Waals surface area contributed by atoms with Crippen molar-refractivity contribution in [2.75, 3.05) is 10.6 Å². The highest BCUT2D eigenvalue weighted by atomic mass is 19.4. The highest BCUT2D eigenvalue weighted by Crippen LogP contribution is 2.31. The lowest BCUT2D eigenvalue weighted by Gasteiger charge is -2.11. The van der Waals surface area contributed by atoms with Gasteiger partial charge in [0.1, 0.15) is 5.82 Å². The van der Waals surface area contributed by atoms with Crippen LogP contribution in [-0.2, 0) is 6.18 Å². The van der Waals surface area contributed by atoms with Crippen LogP contribution in [0.2, 0.25) is 0 Å². The number of carbonyl (C=O) groups is 2. The summed E-state index contributed by atoms with van der Waals surface area (Å²) in [4.78, 5) is 35.1. The minimum absolute atomic E-state index is 0.139. The Morgan fingerprint density at radius 2 is 1.66 bits per heavy atom. The number of pyridine rings is 1. The number of aromatic nitrogens is 3. The summed E-state index contributed by atoms with van der Waals surface area (Å²) in [6, 6.07) is 12.3. The molecule has 35 heavy (non-hydrogen) atoms. The number of hydrogen-bond donors (Lipinski definition) is 3. The van der Waals surface area contributed by atoms with Crippen LogP contribution in [0, 0.1) is 12.7 Å². The van der Waals surface area contributed by atoms with Crippen molar-refractivity contribution in [2.24, 2.45) is 0 Å². The number of carbonyl (C=O) groups excluding carboxylic acids is 2. The zero-order valence-corrected chi connectivity index (χ0v) is 18.1. The molecule has 0 saturated carbocycles. The summed E-state index contributed by atoms with van der Waals surface area (Å²) in [6.45, 7) is 1.69. The number of imidazole rings is 1. The number of rotatable bonds is 5. The number of aromatic amines is 1. The van der Waals surface area contributed by atoms with E-state index >= 15 is 0 Å². The Kier molecular flexibility index (Phi) is 6.32. The van der Waals surface area contributed by atoms with Gasteiger partial charge in [-0.2, -0.15) is 13.2 Å². The molecule has 0 aliphatic carbocycles. The van der Waals surface area contributed by atoms with Gasteiger partial charge in [0.25, 0.3) is 11.8 Å². The zero-order chi connectivity index (χ0) is 25.2. The molecular formula is C24H17F4N5O2. The highest BCUT2D eigenvalue weighted by Gasteiger charge is 2.37. The van der Waals surface area contributed by atoms with E-state index in [9.17, 15) is 27.2 Å². The van der Waals surface area contributed by atoms with Crippen LogP contribution in [0.25, 0.3) is 11.3 Å². The fourth-order valence-electron chi connectivity index (χ4n) is 3.27. The Bertz CT molecular complexity index is 1380. The quantitative estimate of drug-likeness (QED) is 0.329. The lowest BCUT2D eigenvalue weighted by molar-refractivity contribution is -0.144. The van der Waals surface area contributed by atoms with Gasteiger partial charge in [-0.1, -0.05) is 6.07 Å². The Morgan fingerprint density at radius 1 is 0.943 bits per heavy atom. The zero-order valence-electron chi connectivity index (χ0n) is 18.1. The number of H-pyrrole nitrogens is 1. The molecule has 7 nitrogen and oxygen atoms in total. The molecule has 2 aromatic carbocycles. The van der Waals surface area contributed by atoms with Crippen molar-refractivity contribution in [3.05, 3.63) is 95.5 Å². The molecule has 2 amide bonds. The second-order valence-corrected chi connectivity index (χ2v) is 7.49. The fourth-order valence-corrected chi connectivity index (χ4v) is 3.27. The molecule has 0 saturated heterocycles. The van der Waals surface area contributed by atoms with Crippen molar-refractivity contribution in [3.63, 3.8) is 0 Å². The number of amides is 2. The van der Waals surface area contributed by atoms with Gasteiger partial charge in [0, 0.05) is 23.0 Å². The van der Waals surface area contributed by atoms with Crippen molar-refractivity contribution in [2.45, 2.75) is 13.1 Å². The van der Waals surface area contributed by atoms with E-state index in [1.54, 1.807) is 31.3 Å². The largest absolute Gasteiger partial charge is 0.449 e. The first kappa shape index (κ1) is 23.6. The number of nitrogens with one attached hydrogen (secondary N) is 3. The van der Waals surface area contributed by atoms with Crippen LogP contribution in [0.1, 0.15) is 32.2 Å². The molecule has 178 valence electrons. The molecule has 3 N–H and O–H groups in total. The Morgan fingerprint density at radius 3 is 2.31 bits per heavy atom. The topological polar surface area (TPSA) is 99.8 Å². The number of halogens is 4. The smallest absolute Gasteiger partial charge is 0.334 e. The van der Waals surface area contributed by atoms with Gasteiger partial charge in [-0.05, 0) is 61.0 Å². The summed E-state index contributed by atoms with van der Waals surface area (Å²) in [7, 11) is 0. The van der Waals surface area contributed by atoms with Gasteiger partial charge in [0.2, 0.25) is 5.82 Å². The second kappa shape index (κ2) is 9.37. The number of anilines is 2. The molecule has 0 radical (unpaired) electrons. The number of aryl methyl sites for hydroxylation is 1. The van der Waals surface area contributed by atoms with Gasteiger partial charge in [-0.25, -0.2) is 9.37 Å². The summed E-state index contributed by atoms with van der Waals surface area (Å²) in [5, 5.41) is 5.15. The van der Waals surface area contributed by atoms with Gasteiger partial charge in [-0.15, -0.1) is 0 Å². The normalized spacial score (nSPS) is 11.2. The molecule has 11 heteroatoms. The second-order valence-electron chi connectivity index (χ2n) is 7.49. The van der Waals surface area contributed by atoms with Crippen molar-refractivity contribution >= 4 is 23.2 Å². The monoisotopic (exact) mass is 483 g/mol. The third-order valence-electron chi connectivity index (χ3n) is 4.98. The fraction of sp³-hybridized carbons (Fsp3) is 0.0833. The SMILES string of the molecule is Cc1ccc(NC(=O)c2nc(C(F)(F)F)[nH]c2-c2ccc(F)cc2)cc1C(=O)Nc1cccnc1.